The molecule has 0 bridgehead atoms. The van der Waals surface area contributed by atoms with Gasteiger partial charge in [0.15, 0.2) is 0 Å². The SMILES string of the molecule is COC(=O)C1CCC(CNC(=O)c2cnc(NC(C)c3cc(C#N)ccc3O)c(Cl)c2)CC1. The van der Waals surface area contributed by atoms with E-state index in [-0.39, 0.29) is 34.6 Å². The molecule has 0 radical (unpaired) electrons. The Kier molecular flexibility index (Phi) is 8.12. The van der Waals surface area contributed by atoms with Gasteiger partial charge in [0.1, 0.15) is 11.6 Å². The second-order valence-electron chi connectivity index (χ2n) is 8.26. The summed E-state index contributed by atoms with van der Waals surface area (Å²) in [5.41, 5.74) is 1.31. The standard InChI is InChI=1S/C24H27ClN4O4/c1-14(19-9-16(11-26)5-8-21(19)30)29-22-20(25)10-18(13-27-22)23(31)28-12-15-3-6-17(7-4-15)24(32)33-2/h5,8-10,13-15,17,30H,3-4,6-7,12H2,1-2H3,(H,27,29)(H,28,31). The lowest BCUT2D eigenvalue weighted by Crippen LogP contribution is -2.32. The smallest absolute Gasteiger partial charge is 0.308 e. The van der Waals surface area contributed by atoms with Crippen LogP contribution in [0.25, 0.3) is 0 Å². The molecular weight excluding hydrogens is 444 g/mol. The number of aromatic hydroxyl groups is 1. The number of esters is 1. The molecule has 1 unspecified atom stereocenters. The van der Waals surface area contributed by atoms with Crippen LogP contribution in [0, 0.1) is 23.2 Å². The predicted molar refractivity (Wildman–Crippen MR) is 124 cm³/mol. The fourth-order valence-electron chi connectivity index (χ4n) is 4.03. The van der Waals surface area contributed by atoms with E-state index in [4.69, 9.17) is 21.6 Å². The number of methoxy groups -OCH3 is 1. The lowest BCUT2D eigenvalue weighted by Gasteiger charge is -2.27. The first-order valence-electron chi connectivity index (χ1n) is 10.8. The zero-order chi connectivity index (χ0) is 24.0. The highest BCUT2D eigenvalue weighted by atomic mass is 35.5. The third-order valence-corrected chi connectivity index (χ3v) is 6.30. The molecule has 1 aromatic heterocycles. The van der Waals surface area contributed by atoms with Gasteiger partial charge in [-0.05, 0) is 62.8 Å². The van der Waals surface area contributed by atoms with Crippen molar-refractivity contribution < 1.29 is 19.4 Å². The molecule has 1 fully saturated rings. The predicted octanol–water partition coefficient (Wildman–Crippen LogP) is 4.19. The second-order valence-corrected chi connectivity index (χ2v) is 8.66. The lowest BCUT2D eigenvalue weighted by molar-refractivity contribution is -0.146. The van der Waals surface area contributed by atoms with Crippen LogP contribution in [-0.2, 0) is 9.53 Å². The Hall–Kier alpha value is -3.31. The van der Waals surface area contributed by atoms with Crippen LogP contribution >= 0.6 is 11.6 Å². The fourth-order valence-corrected chi connectivity index (χ4v) is 4.25. The number of halogens is 1. The number of amides is 1. The minimum Gasteiger partial charge on any atom is -0.508 e. The number of pyridine rings is 1. The molecule has 9 heteroatoms. The van der Waals surface area contributed by atoms with Crippen LogP contribution < -0.4 is 10.6 Å². The van der Waals surface area contributed by atoms with Crippen molar-refractivity contribution in [1.82, 2.24) is 10.3 Å². The topological polar surface area (TPSA) is 124 Å². The Balaban J connectivity index is 1.56. The summed E-state index contributed by atoms with van der Waals surface area (Å²) >= 11 is 6.35. The molecule has 8 nitrogen and oxygen atoms in total. The molecule has 0 aliphatic heterocycles. The van der Waals surface area contributed by atoms with Crippen LogP contribution in [0.4, 0.5) is 5.82 Å². The van der Waals surface area contributed by atoms with Crippen molar-refractivity contribution >= 4 is 29.3 Å². The monoisotopic (exact) mass is 470 g/mol. The van der Waals surface area contributed by atoms with E-state index in [1.54, 1.807) is 12.1 Å². The molecule has 33 heavy (non-hydrogen) atoms. The highest BCUT2D eigenvalue weighted by Gasteiger charge is 2.27. The molecule has 3 rings (SSSR count). The fraction of sp³-hybridized carbons (Fsp3) is 0.417. The van der Waals surface area contributed by atoms with E-state index in [0.29, 0.717) is 35.0 Å². The third-order valence-electron chi connectivity index (χ3n) is 6.01. The Morgan fingerprint density at radius 2 is 2.03 bits per heavy atom. The minimum absolute atomic E-state index is 0.0447. The van der Waals surface area contributed by atoms with Gasteiger partial charge in [0.2, 0.25) is 0 Å². The number of hydrogen-bond donors (Lipinski definition) is 3. The van der Waals surface area contributed by atoms with Gasteiger partial charge in [-0.2, -0.15) is 5.26 Å². The van der Waals surface area contributed by atoms with Crippen LogP contribution in [-0.4, -0.2) is 35.6 Å². The highest BCUT2D eigenvalue weighted by Crippen LogP contribution is 2.31. The number of carbonyl (C=O) groups is 2. The molecule has 2 aromatic rings. The van der Waals surface area contributed by atoms with E-state index in [9.17, 15) is 14.7 Å². The van der Waals surface area contributed by atoms with Crippen molar-refractivity contribution in [2.24, 2.45) is 11.8 Å². The maximum atomic E-state index is 12.6. The van der Waals surface area contributed by atoms with Crippen LogP contribution in [0.3, 0.4) is 0 Å². The molecular formula is C24H27ClN4O4. The number of phenols is 1. The van der Waals surface area contributed by atoms with Crippen LogP contribution in [0.1, 0.15) is 60.1 Å². The quantitative estimate of drug-likeness (QED) is 0.518. The zero-order valence-electron chi connectivity index (χ0n) is 18.6. The van der Waals surface area contributed by atoms with Gasteiger partial charge < -0.3 is 20.5 Å². The number of rotatable bonds is 7. The molecule has 0 spiro atoms. The van der Waals surface area contributed by atoms with Gasteiger partial charge in [0.25, 0.3) is 5.91 Å². The number of phenolic OH excluding ortho intramolecular Hbond substituents is 1. The van der Waals surface area contributed by atoms with Gasteiger partial charge in [0, 0.05) is 18.3 Å². The molecule has 1 atom stereocenters. The molecule has 1 aliphatic carbocycles. The summed E-state index contributed by atoms with van der Waals surface area (Å²) in [5.74, 6) is 0.270. The summed E-state index contributed by atoms with van der Waals surface area (Å²) in [6, 6.07) is 7.82. The molecule has 174 valence electrons. The van der Waals surface area contributed by atoms with E-state index in [1.807, 2.05) is 13.0 Å². The van der Waals surface area contributed by atoms with Gasteiger partial charge in [-0.25, -0.2) is 4.98 Å². The van der Waals surface area contributed by atoms with Crippen molar-refractivity contribution in [2.75, 3.05) is 19.0 Å². The number of ether oxygens (including phenoxy) is 1. The highest BCUT2D eigenvalue weighted by molar-refractivity contribution is 6.33. The first-order chi connectivity index (χ1) is 15.8. The summed E-state index contributed by atoms with van der Waals surface area (Å²) < 4.78 is 4.81. The van der Waals surface area contributed by atoms with Crippen molar-refractivity contribution in [3.63, 3.8) is 0 Å². The summed E-state index contributed by atoms with van der Waals surface area (Å²) in [7, 11) is 1.41. The molecule has 0 saturated heterocycles. The van der Waals surface area contributed by atoms with E-state index >= 15 is 0 Å². The molecule has 1 aliphatic rings. The van der Waals surface area contributed by atoms with Gasteiger partial charge in [-0.1, -0.05) is 11.6 Å². The molecule has 3 N–H and O–H groups in total. The lowest BCUT2D eigenvalue weighted by atomic mass is 9.82. The first-order valence-corrected chi connectivity index (χ1v) is 11.2. The van der Waals surface area contributed by atoms with Crippen LogP contribution in [0.15, 0.2) is 30.5 Å². The Bertz CT molecular complexity index is 1060. The number of aromatic nitrogens is 1. The normalized spacial score (nSPS) is 18.6. The minimum atomic E-state index is -0.372. The number of carbonyl (C=O) groups excluding carboxylic acids is 2. The number of nitrogens with zero attached hydrogens (tertiary/aromatic N) is 2. The van der Waals surface area contributed by atoms with Gasteiger partial charge >= 0.3 is 5.97 Å². The zero-order valence-corrected chi connectivity index (χ0v) is 19.4. The van der Waals surface area contributed by atoms with Crippen molar-refractivity contribution in [1.29, 1.82) is 5.26 Å². The Morgan fingerprint density at radius 1 is 1.30 bits per heavy atom. The van der Waals surface area contributed by atoms with Crippen LogP contribution in [0.5, 0.6) is 5.75 Å². The average molecular weight is 471 g/mol. The average Bonchev–Trinajstić information content (AvgIpc) is 2.83. The summed E-state index contributed by atoms with van der Waals surface area (Å²) in [4.78, 5) is 28.5. The number of benzene rings is 1. The van der Waals surface area contributed by atoms with E-state index < -0.39 is 0 Å². The maximum absolute atomic E-state index is 12.6. The van der Waals surface area contributed by atoms with E-state index in [2.05, 4.69) is 15.6 Å². The Morgan fingerprint density at radius 3 is 2.67 bits per heavy atom. The van der Waals surface area contributed by atoms with E-state index in [1.165, 1.54) is 25.4 Å². The third kappa shape index (κ3) is 6.14. The Labute approximate surface area is 197 Å². The largest absolute Gasteiger partial charge is 0.508 e. The number of hydrogen-bond acceptors (Lipinski definition) is 7. The number of nitriles is 1. The van der Waals surface area contributed by atoms with Gasteiger partial charge in [0.05, 0.1) is 41.3 Å². The molecule has 1 amide bonds. The van der Waals surface area contributed by atoms with Gasteiger partial charge in [-0.3, -0.25) is 9.59 Å². The van der Waals surface area contributed by atoms with Crippen molar-refractivity contribution in [3.8, 4) is 11.8 Å². The molecule has 1 saturated carbocycles. The summed E-state index contributed by atoms with van der Waals surface area (Å²) in [6.45, 7) is 2.33. The molecule has 1 heterocycles. The van der Waals surface area contributed by atoms with Crippen molar-refractivity contribution in [3.05, 3.63) is 52.2 Å². The number of anilines is 1. The molecule has 1 aromatic carbocycles. The van der Waals surface area contributed by atoms with Gasteiger partial charge in [-0.15, -0.1) is 0 Å². The number of nitrogens with one attached hydrogen (secondary N) is 2. The summed E-state index contributed by atoms with van der Waals surface area (Å²) in [5, 5.41) is 25.5. The van der Waals surface area contributed by atoms with E-state index in [0.717, 1.165) is 25.7 Å². The first kappa shape index (κ1) is 24.3. The summed E-state index contributed by atoms with van der Waals surface area (Å²) in [6.07, 6.45) is 4.70. The van der Waals surface area contributed by atoms with Crippen molar-refractivity contribution in [2.45, 2.75) is 38.6 Å². The van der Waals surface area contributed by atoms with Crippen LogP contribution in [0.2, 0.25) is 5.02 Å². The second kappa shape index (κ2) is 11.0. The maximum Gasteiger partial charge on any atom is 0.308 e.